The van der Waals surface area contributed by atoms with Crippen LogP contribution in [0.2, 0.25) is 0 Å². The van der Waals surface area contributed by atoms with Gasteiger partial charge >= 0.3 is 11.9 Å². The maximum absolute atomic E-state index is 17.2. The number of nitrogens with two attached hydrogens (primary N) is 1. The molecular formula is C29H39FN2O12. The van der Waals surface area contributed by atoms with Crippen LogP contribution in [0.4, 0.5) is 4.39 Å². The smallest absolute Gasteiger partial charge is 0.323 e. The normalized spacial score (nSPS) is 38.0. The molecule has 0 aliphatic heterocycles. The number of halogens is 1. The van der Waals surface area contributed by atoms with Crippen molar-refractivity contribution >= 4 is 23.5 Å². The van der Waals surface area contributed by atoms with Gasteiger partial charge in [-0.25, -0.2) is 4.39 Å². The Morgan fingerprint density at radius 2 is 1.84 bits per heavy atom. The third-order valence-electron chi connectivity index (χ3n) is 10.3. The van der Waals surface area contributed by atoms with Gasteiger partial charge in [0.2, 0.25) is 5.78 Å². The van der Waals surface area contributed by atoms with Crippen LogP contribution in [0.15, 0.2) is 23.8 Å². The van der Waals surface area contributed by atoms with Crippen molar-refractivity contribution in [2.75, 3.05) is 19.8 Å². The average molecular weight is 627 g/mol. The summed E-state index contributed by atoms with van der Waals surface area (Å²) in [6.45, 7) is 1.86. The molecule has 4 aliphatic rings. The summed E-state index contributed by atoms with van der Waals surface area (Å²) in [4.78, 5) is 64.1. The zero-order valence-corrected chi connectivity index (χ0v) is 24.6. The van der Waals surface area contributed by atoms with Crippen molar-refractivity contribution in [1.82, 2.24) is 0 Å². The second kappa shape index (κ2) is 12.3. The molecule has 0 radical (unpaired) electrons. The summed E-state index contributed by atoms with van der Waals surface area (Å²) < 4.78 is 27.1. The van der Waals surface area contributed by atoms with E-state index in [1.165, 1.54) is 19.1 Å². The van der Waals surface area contributed by atoms with E-state index in [9.17, 15) is 44.6 Å². The number of allylic oxidation sites excluding steroid dienone is 4. The lowest BCUT2D eigenvalue weighted by molar-refractivity contribution is -0.757. The number of alkyl halides is 1. The third kappa shape index (κ3) is 5.43. The standard InChI is InChI=1S/C29H39FN2O12/c1-26-8-7-17(33)11-16(26)5-6-18-19-12-21(34)29(39,27(19,2)14-22(35)28(18,26)30)23(36)15-43-24(37)13-20(31)25(38)42-9-3-4-10-44-32(40)41/h5,7-8,18-22,34-35,39H,3-4,6,9-15,31H2,1-2H3/t18-,19-,20?,21+,22-,26-,27-,28-,29-/m0/s1. The van der Waals surface area contributed by atoms with Crippen molar-refractivity contribution in [3.05, 3.63) is 33.9 Å². The molecular weight excluding hydrogens is 587 g/mol. The SMILES string of the molecule is C[C@]12C=CC(=O)CC1=CC[C@H]1[C@@H]3C[C@@H](O)[C@](O)(C(=O)COC(=O)CC(N)C(=O)OCCCCO[N+](=O)[O-])[C@@]3(C)C[C@H](O)[C@@]12F. The number of Topliss-reactive ketones (excluding diaryl/α,β-unsaturated/α-hetero) is 1. The molecule has 2 fully saturated rings. The number of aliphatic hydroxyl groups is 3. The van der Waals surface area contributed by atoms with Crippen LogP contribution < -0.4 is 5.73 Å². The number of hydrogen-bond donors (Lipinski definition) is 4. The molecule has 1 unspecified atom stereocenters. The quantitative estimate of drug-likeness (QED) is 0.0758. The minimum absolute atomic E-state index is 0.0271. The van der Waals surface area contributed by atoms with Crippen LogP contribution in [0.3, 0.4) is 0 Å². The maximum Gasteiger partial charge on any atom is 0.323 e. The lowest BCUT2D eigenvalue weighted by Gasteiger charge is -2.61. The Labute approximate surface area is 252 Å². The summed E-state index contributed by atoms with van der Waals surface area (Å²) in [7, 11) is 0. The first-order valence-electron chi connectivity index (χ1n) is 14.6. The Morgan fingerprint density at radius 3 is 2.52 bits per heavy atom. The first-order chi connectivity index (χ1) is 20.5. The highest BCUT2D eigenvalue weighted by Crippen LogP contribution is 2.69. The van der Waals surface area contributed by atoms with E-state index < -0.39 is 88.0 Å². The molecule has 0 spiro atoms. The van der Waals surface area contributed by atoms with E-state index in [-0.39, 0.29) is 57.5 Å². The minimum Gasteiger partial charge on any atom is -0.465 e. The molecule has 0 bridgehead atoms. The number of ketones is 2. The molecule has 0 aromatic heterocycles. The highest BCUT2D eigenvalue weighted by molar-refractivity contribution is 5.94. The monoisotopic (exact) mass is 626 g/mol. The molecule has 5 N–H and O–H groups in total. The second-order valence-corrected chi connectivity index (χ2v) is 12.6. The van der Waals surface area contributed by atoms with E-state index in [1.54, 1.807) is 13.0 Å². The van der Waals surface area contributed by atoms with Gasteiger partial charge in [-0.05, 0) is 51.0 Å². The van der Waals surface area contributed by atoms with E-state index in [1.807, 2.05) is 0 Å². The van der Waals surface area contributed by atoms with Crippen molar-refractivity contribution in [3.63, 3.8) is 0 Å². The largest absolute Gasteiger partial charge is 0.465 e. The molecule has 4 rings (SSSR count). The predicted octanol–water partition coefficient (Wildman–Crippen LogP) is 0.421. The molecule has 0 heterocycles. The van der Waals surface area contributed by atoms with Gasteiger partial charge in [0.05, 0.1) is 31.8 Å². The van der Waals surface area contributed by atoms with Crippen molar-refractivity contribution in [3.8, 4) is 0 Å². The topological polar surface area (TPSA) is 226 Å². The molecule has 0 aromatic carbocycles. The highest BCUT2D eigenvalue weighted by atomic mass is 19.1. The second-order valence-electron chi connectivity index (χ2n) is 12.6. The number of carbonyl (C=O) groups is 4. The Kier molecular flexibility index (Phi) is 9.37. The van der Waals surface area contributed by atoms with Gasteiger partial charge in [0.25, 0.3) is 5.09 Å². The van der Waals surface area contributed by atoms with Crippen molar-refractivity contribution in [1.29, 1.82) is 0 Å². The van der Waals surface area contributed by atoms with Gasteiger partial charge in [0.1, 0.15) is 6.04 Å². The molecule has 44 heavy (non-hydrogen) atoms. The lowest BCUT2D eigenvalue weighted by atomic mass is 9.45. The van der Waals surface area contributed by atoms with Crippen LogP contribution in [0.25, 0.3) is 0 Å². The summed E-state index contributed by atoms with van der Waals surface area (Å²) in [6.07, 6.45) is 0.712. The first-order valence-corrected chi connectivity index (χ1v) is 14.6. The van der Waals surface area contributed by atoms with E-state index in [0.717, 1.165) is 0 Å². The highest BCUT2D eigenvalue weighted by Gasteiger charge is 2.76. The fourth-order valence-corrected chi connectivity index (χ4v) is 7.84. The number of nitrogens with zero attached hydrogens (tertiary/aromatic N) is 1. The summed E-state index contributed by atoms with van der Waals surface area (Å²) in [6, 6.07) is -1.43. The van der Waals surface area contributed by atoms with E-state index in [0.29, 0.717) is 5.57 Å². The Bertz CT molecular complexity index is 1270. The number of aliphatic hydroxyl groups excluding tert-OH is 2. The van der Waals surface area contributed by atoms with Crippen LogP contribution in [-0.4, -0.2) is 93.3 Å². The summed E-state index contributed by atoms with van der Waals surface area (Å²) in [5, 5.41) is 43.3. The molecule has 0 aromatic rings. The van der Waals surface area contributed by atoms with E-state index in [2.05, 4.69) is 4.84 Å². The lowest BCUT2D eigenvalue weighted by Crippen LogP contribution is -2.69. The van der Waals surface area contributed by atoms with Gasteiger partial charge in [0.15, 0.2) is 23.7 Å². The van der Waals surface area contributed by atoms with Gasteiger partial charge in [-0.15, -0.1) is 10.1 Å². The van der Waals surface area contributed by atoms with Crippen molar-refractivity contribution in [2.45, 2.75) is 88.3 Å². The predicted molar refractivity (Wildman–Crippen MR) is 146 cm³/mol. The Hall–Kier alpha value is -3.27. The van der Waals surface area contributed by atoms with Crippen LogP contribution in [0.5, 0.6) is 0 Å². The average Bonchev–Trinajstić information content (AvgIpc) is 3.15. The minimum atomic E-state index is -2.48. The van der Waals surface area contributed by atoms with E-state index >= 15 is 4.39 Å². The van der Waals surface area contributed by atoms with Gasteiger partial charge < -0.3 is 35.4 Å². The third-order valence-corrected chi connectivity index (χ3v) is 10.3. The zero-order chi connectivity index (χ0) is 32.7. The number of unbranched alkanes of at least 4 members (excludes halogenated alkanes) is 1. The Balaban J connectivity index is 1.38. The molecule has 9 atom stereocenters. The molecule has 0 amide bonds. The van der Waals surface area contributed by atoms with Crippen molar-refractivity contribution in [2.24, 2.45) is 28.4 Å². The van der Waals surface area contributed by atoms with Crippen LogP contribution in [-0.2, 0) is 33.5 Å². The van der Waals surface area contributed by atoms with Crippen LogP contribution >= 0.6 is 0 Å². The van der Waals surface area contributed by atoms with Crippen LogP contribution in [0.1, 0.15) is 58.8 Å². The number of fused-ring (bicyclic) bond motifs is 5. The first kappa shape index (κ1) is 33.6. The maximum atomic E-state index is 17.2. The number of carbonyl (C=O) groups excluding carboxylic acids is 4. The molecule has 4 aliphatic carbocycles. The van der Waals surface area contributed by atoms with Gasteiger partial charge in [-0.1, -0.05) is 24.6 Å². The van der Waals surface area contributed by atoms with Gasteiger partial charge in [0, 0.05) is 23.2 Å². The molecule has 14 nitrogen and oxygen atoms in total. The molecule has 15 heteroatoms. The van der Waals surface area contributed by atoms with Gasteiger partial charge in [-0.3, -0.25) is 19.2 Å². The van der Waals surface area contributed by atoms with Crippen LogP contribution in [0, 0.1) is 32.8 Å². The summed E-state index contributed by atoms with van der Waals surface area (Å²) >= 11 is 0. The van der Waals surface area contributed by atoms with Gasteiger partial charge in [-0.2, -0.15) is 0 Å². The molecule has 2 saturated carbocycles. The fraction of sp³-hybridized carbons (Fsp3) is 0.724. The summed E-state index contributed by atoms with van der Waals surface area (Å²) in [5.41, 5.74) is -1.25. The number of rotatable bonds is 12. The number of esters is 2. The Morgan fingerprint density at radius 1 is 1.16 bits per heavy atom. The van der Waals surface area contributed by atoms with Crippen molar-refractivity contribution < 1.29 is 58.3 Å². The molecule has 244 valence electrons. The molecule has 0 saturated heterocycles. The number of ether oxygens (including phenoxy) is 2. The number of hydrogen-bond acceptors (Lipinski definition) is 13. The summed E-state index contributed by atoms with van der Waals surface area (Å²) in [5.74, 6) is -4.85. The fourth-order valence-electron chi connectivity index (χ4n) is 7.84. The van der Waals surface area contributed by atoms with E-state index in [4.69, 9.17) is 15.2 Å². The zero-order valence-electron chi connectivity index (χ0n) is 24.6.